The van der Waals surface area contributed by atoms with E-state index in [-0.39, 0.29) is 22.4 Å². The fraction of sp³-hybridized carbons (Fsp3) is 0.105. The van der Waals surface area contributed by atoms with Crippen molar-refractivity contribution in [1.29, 1.82) is 0 Å². The van der Waals surface area contributed by atoms with E-state index in [1.54, 1.807) is 24.3 Å². The average Bonchev–Trinajstić information content (AvgIpc) is 2.70. The Bertz CT molecular complexity index is 1240. The lowest BCUT2D eigenvalue weighted by atomic mass is 10.2. The second kappa shape index (κ2) is 9.06. The molecule has 0 saturated carbocycles. The maximum absolute atomic E-state index is 11.6. The summed E-state index contributed by atoms with van der Waals surface area (Å²) >= 11 is 6.20. The Kier molecular flexibility index (Phi) is 6.47. The molecule has 0 amide bonds. The van der Waals surface area contributed by atoms with Crippen LogP contribution in [-0.4, -0.2) is 42.8 Å². The third-order valence-electron chi connectivity index (χ3n) is 3.91. The molecule has 31 heavy (non-hydrogen) atoms. The molecule has 0 saturated heterocycles. The molecule has 0 atom stereocenters. The topological polar surface area (TPSA) is 143 Å². The van der Waals surface area contributed by atoms with Crippen molar-refractivity contribution in [3.63, 3.8) is 0 Å². The molecule has 0 aliphatic heterocycles. The number of hydrogen-bond donors (Lipinski definition) is 4. The molecule has 0 unspecified atom stereocenters. The number of halogens is 1. The van der Waals surface area contributed by atoms with Gasteiger partial charge < -0.3 is 20.5 Å². The number of nitrogens with one attached hydrogen (secondary N) is 3. The first-order valence-electron chi connectivity index (χ1n) is 8.71. The summed E-state index contributed by atoms with van der Waals surface area (Å²) in [6.45, 7) is 0. The van der Waals surface area contributed by atoms with Gasteiger partial charge >= 0.3 is 5.97 Å². The Labute approximate surface area is 183 Å². The monoisotopic (exact) mass is 463 g/mol. The first-order valence-corrected chi connectivity index (χ1v) is 11.0. The second-order valence-electron chi connectivity index (χ2n) is 6.28. The van der Waals surface area contributed by atoms with Crippen LogP contribution in [0.25, 0.3) is 0 Å². The maximum Gasteiger partial charge on any atom is 0.335 e. The van der Waals surface area contributed by atoms with Crippen LogP contribution in [0.3, 0.4) is 0 Å². The van der Waals surface area contributed by atoms with Gasteiger partial charge in [0.15, 0.2) is 5.82 Å². The summed E-state index contributed by atoms with van der Waals surface area (Å²) in [4.78, 5) is 19.7. The highest BCUT2D eigenvalue weighted by atomic mass is 35.5. The summed E-state index contributed by atoms with van der Waals surface area (Å²) in [5.41, 5.74) is 1.13. The van der Waals surface area contributed by atoms with Crippen molar-refractivity contribution in [3.8, 4) is 5.75 Å². The second-order valence-corrected chi connectivity index (χ2v) is 8.44. The van der Waals surface area contributed by atoms with Gasteiger partial charge in [-0.25, -0.2) is 18.2 Å². The van der Waals surface area contributed by atoms with E-state index in [2.05, 4.69) is 25.3 Å². The van der Waals surface area contributed by atoms with Gasteiger partial charge in [-0.15, -0.1) is 0 Å². The van der Waals surface area contributed by atoms with Gasteiger partial charge in [0.1, 0.15) is 10.8 Å². The SMILES string of the molecule is COc1ccc(C(=O)O)cc1Nc1ncc(Cl)c(Nc2ccccc2NS(C)(=O)=O)n1. The smallest absolute Gasteiger partial charge is 0.335 e. The number of carbonyl (C=O) groups is 1. The van der Waals surface area contributed by atoms with Crippen LogP contribution in [0.5, 0.6) is 5.75 Å². The Balaban J connectivity index is 1.92. The lowest BCUT2D eigenvalue weighted by molar-refractivity contribution is 0.0697. The van der Waals surface area contributed by atoms with E-state index in [1.807, 2.05) is 0 Å². The first kappa shape index (κ1) is 22.1. The number of methoxy groups -OCH3 is 1. The molecule has 0 spiro atoms. The molecule has 0 radical (unpaired) electrons. The van der Waals surface area contributed by atoms with Gasteiger partial charge in [-0.3, -0.25) is 4.72 Å². The third kappa shape index (κ3) is 5.74. The van der Waals surface area contributed by atoms with Crippen molar-refractivity contribution >= 4 is 56.4 Å². The molecular formula is C19H18ClN5O5S. The minimum atomic E-state index is -3.50. The molecule has 0 aliphatic carbocycles. The number of aromatic carboxylic acids is 1. The van der Waals surface area contributed by atoms with Gasteiger partial charge in [0, 0.05) is 0 Å². The van der Waals surface area contributed by atoms with E-state index in [0.717, 1.165) is 6.26 Å². The molecule has 1 aromatic heterocycles. The number of aromatic nitrogens is 2. The van der Waals surface area contributed by atoms with Crippen molar-refractivity contribution < 1.29 is 23.1 Å². The highest BCUT2D eigenvalue weighted by molar-refractivity contribution is 7.92. The van der Waals surface area contributed by atoms with Crippen molar-refractivity contribution in [2.45, 2.75) is 0 Å². The van der Waals surface area contributed by atoms with Crippen LogP contribution in [0.2, 0.25) is 5.02 Å². The predicted molar refractivity (Wildman–Crippen MR) is 118 cm³/mol. The molecule has 4 N–H and O–H groups in total. The fourth-order valence-corrected chi connectivity index (χ4v) is 3.30. The van der Waals surface area contributed by atoms with Crippen molar-refractivity contribution in [3.05, 3.63) is 59.2 Å². The van der Waals surface area contributed by atoms with Gasteiger partial charge in [0.25, 0.3) is 0 Å². The van der Waals surface area contributed by atoms with Crippen LogP contribution in [-0.2, 0) is 10.0 Å². The first-order chi connectivity index (χ1) is 14.7. The predicted octanol–water partition coefficient (Wildman–Crippen LogP) is 3.70. The minimum Gasteiger partial charge on any atom is -0.495 e. The van der Waals surface area contributed by atoms with Gasteiger partial charge in [-0.2, -0.15) is 4.98 Å². The van der Waals surface area contributed by atoms with Crippen molar-refractivity contribution in [2.75, 3.05) is 28.7 Å². The largest absolute Gasteiger partial charge is 0.495 e. The molecule has 12 heteroatoms. The number of ether oxygens (including phenoxy) is 1. The zero-order valence-electron chi connectivity index (χ0n) is 16.4. The molecule has 3 rings (SSSR count). The van der Waals surface area contributed by atoms with Crippen molar-refractivity contribution in [1.82, 2.24) is 9.97 Å². The van der Waals surface area contributed by atoms with E-state index in [4.69, 9.17) is 16.3 Å². The Morgan fingerprint density at radius 2 is 1.81 bits per heavy atom. The molecule has 0 fully saturated rings. The third-order valence-corrected chi connectivity index (χ3v) is 4.78. The highest BCUT2D eigenvalue weighted by Gasteiger charge is 2.14. The standard InChI is InChI=1S/C19H18ClN5O5S/c1-30-16-8-7-11(18(26)27)9-15(16)23-19-21-10-12(20)17(24-19)22-13-5-3-4-6-14(13)25-31(2,28)29/h3-10,25H,1-2H3,(H,26,27)(H2,21,22,23,24). The van der Waals surface area contributed by atoms with Crippen LogP contribution in [0, 0.1) is 0 Å². The molecule has 162 valence electrons. The summed E-state index contributed by atoms with van der Waals surface area (Å²) in [6, 6.07) is 10.9. The summed E-state index contributed by atoms with van der Waals surface area (Å²) in [6.07, 6.45) is 2.39. The number of sulfonamides is 1. The molecule has 0 aliphatic rings. The van der Waals surface area contributed by atoms with Gasteiger partial charge in [0.2, 0.25) is 16.0 Å². The average molecular weight is 464 g/mol. The number of rotatable bonds is 8. The number of hydrogen-bond acceptors (Lipinski definition) is 8. The van der Waals surface area contributed by atoms with E-state index in [0.29, 0.717) is 22.8 Å². The van der Waals surface area contributed by atoms with E-state index >= 15 is 0 Å². The summed E-state index contributed by atoms with van der Waals surface area (Å²) in [5, 5.41) is 15.3. The van der Waals surface area contributed by atoms with E-state index in [1.165, 1.54) is 31.5 Å². The minimum absolute atomic E-state index is 0.0522. The normalized spacial score (nSPS) is 10.9. The zero-order valence-corrected chi connectivity index (χ0v) is 18.0. The Hall–Kier alpha value is -3.57. The highest BCUT2D eigenvalue weighted by Crippen LogP contribution is 2.31. The number of para-hydroxylation sites is 2. The van der Waals surface area contributed by atoms with E-state index < -0.39 is 16.0 Å². The van der Waals surface area contributed by atoms with Gasteiger partial charge in [-0.05, 0) is 30.3 Å². The number of nitrogens with zero attached hydrogens (tertiary/aromatic N) is 2. The lowest BCUT2D eigenvalue weighted by Crippen LogP contribution is -2.11. The van der Waals surface area contributed by atoms with Crippen LogP contribution >= 0.6 is 11.6 Å². The maximum atomic E-state index is 11.6. The van der Waals surface area contributed by atoms with Crippen LogP contribution in [0.1, 0.15) is 10.4 Å². The van der Waals surface area contributed by atoms with Crippen LogP contribution in [0.15, 0.2) is 48.7 Å². The van der Waals surface area contributed by atoms with Crippen molar-refractivity contribution in [2.24, 2.45) is 0 Å². The van der Waals surface area contributed by atoms with E-state index in [9.17, 15) is 18.3 Å². The summed E-state index contributed by atoms with van der Waals surface area (Å²) in [7, 11) is -2.05. The molecule has 2 aromatic carbocycles. The Morgan fingerprint density at radius 3 is 2.45 bits per heavy atom. The Morgan fingerprint density at radius 1 is 1.10 bits per heavy atom. The number of carboxylic acid groups (broad SMARTS) is 1. The summed E-state index contributed by atoms with van der Waals surface area (Å²) in [5.74, 6) is -0.391. The van der Waals surface area contributed by atoms with Crippen LogP contribution in [0.4, 0.5) is 28.8 Å². The quantitative estimate of drug-likeness (QED) is 0.393. The number of benzene rings is 2. The number of anilines is 5. The van der Waals surface area contributed by atoms with Crippen LogP contribution < -0.4 is 20.1 Å². The molecule has 3 aromatic rings. The molecule has 1 heterocycles. The number of carboxylic acids is 1. The summed E-state index contributed by atoms with van der Waals surface area (Å²) < 4.78 is 30.9. The van der Waals surface area contributed by atoms with Gasteiger partial charge in [0.05, 0.1) is 42.2 Å². The molecule has 10 nitrogen and oxygen atoms in total. The van der Waals surface area contributed by atoms with Gasteiger partial charge in [-0.1, -0.05) is 23.7 Å². The lowest BCUT2D eigenvalue weighted by Gasteiger charge is -2.15. The molecule has 0 bridgehead atoms. The molecular weight excluding hydrogens is 446 g/mol. The fourth-order valence-electron chi connectivity index (χ4n) is 2.58. The zero-order chi connectivity index (χ0) is 22.6.